The number of imidazole rings is 1. The fraction of sp³-hybridized carbons (Fsp3) is 0.450. The normalized spacial score (nSPS) is 11.3. The monoisotopic (exact) mass is 386 g/mol. The second kappa shape index (κ2) is 8.43. The van der Waals surface area contributed by atoms with Gasteiger partial charge < -0.3 is 9.84 Å². The molecule has 1 N–H and O–H groups in total. The van der Waals surface area contributed by atoms with Crippen molar-refractivity contribution in [1.82, 2.24) is 18.7 Å². The first-order chi connectivity index (χ1) is 13.4. The number of rotatable bonds is 8. The lowest BCUT2D eigenvalue weighted by atomic mass is 10.1. The molecule has 0 atom stereocenters. The van der Waals surface area contributed by atoms with Crippen molar-refractivity contribution >= 4 is 11.2 Å². The van der Waals surface area contributed by atoms with Crippen molar-refractivity contribution in [1.29, 1.82) is 0 Å². The maximum absolute atomic E-state index is 12.8. The first-order valence-corrected chi connectivity index (χ1v) is 9.39. The zero-order chi connectivity index (χ0) is 20.3. The van der Waals surface area contributed by atoms with Gasteiger partial charge in [-0.2, -0.15) is 4.98 Å². The van der Waals surface area contributed by atoms with E-state index in [1.54, 1.807) is 11.6 Å². The SMILES string of the molecule is Cc1ccc(Cn2c(OCCCCCO)nc3c2c(=O)n(C)c(=O)n3C)cc1. The number of benzene rings is 1. The third kappa shape index (κ3) is 3.87. The number of unbranched alkanes of at least 4 members (excludes halogenated alkanes) is 2. The summed E-state index contributed by atoms with van der Waals surface area (Å²) < 4.78 is 10.0. The lowest BCUT2D eigenvalue weighted by Gasteiger charge is -2.11. The Kier molecular flexibility index (Phi) is 5.99. The van der Waals surface area contributed by atoms with Crippen molar-refractivity contribution in [2.75, 3.05) is 13.2 Å². The van der Waals surface area contributed by atoms with Gasteiger partial charge in [-0.05, 0) is 31.7 Å². The fourth-order valence-electron chi connectivity index (χ4n) is 3.11. The third-order valence-electron chi connectivity index (χ3n) is 4.81. The van der Waals surface area contributed by atoms with E-state index < -0.39 is 11.2 Å². The highest BCUT2D eigenvalue weighted by Crippen LogP contribution is 2.20. The summed E-state index contributed by atoms with van der Waals surface area (Å²) in [7, 11) is 3.06. The van der Waals surface area contributed by atoms with Crippen molar-refractivity contribution in [2.24, 2.45) is 14.1 Å². The summed E-state index contributed by atoms with van der Waals surface area (Å²) in [6, 6.07) is 8.34. The molecule has 1 aromatic carbocycles. The second-order valence-corrected chi connectivity index (χ2v) is 6.98. The molecule has 0 unspecified atom stereocenters. The van der Waals surface area contributed by atoms with Gasteiger partial charge in [0.25, 0.3) is 11.6 Å². The van der Waals surface area contributed by atoms with Crippen LogP contribution in [0.1, 0.15) is 30.4 Å². The van der Waals surface area contributed by atoms with Gasteiger partial charge >= 0.3 is 5.69 Å². The molecule has 0 bridgehead atoms. The highest BCUT2D eigenvalue weighted by molar-refractivity contribution is 5.72. The van der Waals surface area contributed by atoms with Crippen molar-refractivity contribution in [3.05, 3.63) is 56.2 Å². The molecule has 0 radical (unpaired) electrons. The Morgan fingerprint density at radius 2 is 1.75 bits per heavy atom. The van der Waals surface area contributed by atoms with Gasteiger partial charge in [0, 0.05) is 20.7 Å². The highest BCUT2D eigenvalue weighted by Gasteiger charge is 2.20. The second-order valence-electron chi connectivity index (χ2n) is 6.98. The Morgan fingerprint density at radius 3 is 2.43 bits per heavy atom. The van der Waals surface area contributed by atoms with Gasteiger partial charge in [-0.15, -0.1) is 0 Å². The van der Waals surface area contributed by atoms with E-state index >= 15 is 0 Å². The molecular formula is C20H26N4O4. The van der Waals surface area contributed by atoms with Gasteiger partial charge in [-0.1, -0.05) is 29.8 Å². The number of aliphatic hydroxyl groups excluding tert-OH is 1. The molecule has 0 aliphatic rings. The molecule has 8 heteroatoms. The van der Waals surface area contributed by atoms with E-state index in [0.29, 0.717) is 30.3 Å². The zero-order valence-electron chi connectivity index (χ0n) is 16.5. The molecule has 0 fully saturated rings. The molecule has 0 aliphatic carbocycles. The largest absolute Gasteiger partial charge is 0.465 e. The average molecular weight is 386 g/mol. The van der Waals surface area contributed by atoms with Gasteiger partial charge in [0.05, 0.1) is 13.2 Å². The smallest absolute Gasteiger partial charge is 0.332 e. The van der Waals surface area contributed by atoms with Gasteiger partial charge in [0.2, 0.25) is 0 Å². The van der Waals surface area contributed by atoms with Crippen LogP contribution in [0.25, 0.3) is 11.2 Å². The first kappa shape index (κ1) is 19.9. The van der Waals surface area contributed by atoms with Gasteiger partial charge in [-0.3, -0.25) is 18.5 Å². The Balaban J connectivity index is 2.05. The molecule has 0 aliphatic heterocycles. The minimum atomic E-state index is -0.424. The summed E-state index contributed by atoms with van der Waals surface area (Å²) in [6.45, 7) is 3.01. The molecule has 2 aromatic heterocycles. The number of nitrogens with zero attached hydrogens (tertiary/aromatic N) is 4. The Labute approximate surface area is 162 Å². The van der Waals surface area contributed by atoms with Crippen LogP contribution < -0.4 is 16.0 Å². The van der Waals surface area contributed by atoms with E-state index in [0.717, 1.165) is 35.0 Å². The topological polar surface area (TPSA) is 91.3 Å². The van der Waals surface area contributed by atoms with E-state index in [9.17, 15) is 9.59 Å². The Hall–Kier alpha value is -2.87. The van der Waals surface area contributed by atoms with Crippen LogP contribution in [0.4, 0.5) is 0 Å². The fourth-order valence-corrected chi connectivity index (χ4v) is 3.11. The summed E-state index contributed by atoms with van der Waals surface area (Å²) in [6.07, 6.45) is 2.33. The summed E-state index contributed by atoms with van der Waals surface area (Å²) in [4.78, 5) is 29.5. The molecule has 8 nitrogen and oxygen atoms in total. The van der Waals surface area contributed by atoms with E-state index in [2.05, 4.69) is 4.98 Å². The number of fused-ring (bicyclic) bond motifs is 1. The molecular weight excluding hydrogens is 360 g/mol. The van der Waals surface area contributed by atoms with Crippen LogP contribution in [0.5, 0.6) is 6.01 Å². The predicted molar refractivity (Wildman–Crippen MR) is 107 cm³/mol. The molecule has 0 saturated carbocycles. The molecule has 150 valence electrons. The minimum Gasteiger partial charge on any atom is -0.465 e. The Bertz CT molecular complexity index is 1080. The predicted octanol–water partition coefficient (Wildman–Crippen LogP) is 1.33. The van der Waals surface area contributed by atoms with Crippen molar-refractivity contribution in [3.63, 3.8) is 0 Å². The maximum Gasteiger partial charge on any atom is 0.332 e. The molecule has 0 amide bonds. The van der Waals surface area contributed by atoms with E-state index in [1.807, 2.05) is 31.2 Å². The number of hydrogen-bond donors (Lipinski definition) is 1. The van der Waals surface area contributed by atoms with E-state index in [4.69, 9.17) is 9.84 Å². The van der Waals surface area contributed by atoms with Crippen molar-refractivity contribution in [3.8, 4) is 6.01 Å². The number of aliphatic hydroxyl groups is 1. The lowest BCUT2D eigenvalue weighted by molar-refractivity contribution is 0.253. The molecule has 0 spiro atoms. The van der Waals surface area contributed by atoms with E-state index in [1.165, 1.54) is 11.6 Å². The summed E-state index contributed by atoms with van der Waals surface area (Å²) in [5.41, 5.74) is 1.99. The van der Waals surface area contributed by atoms with Crippen molar-refractivity contribution < 1.29 is 9.84 Å². The minimum absolute atomic E-state index is 0.157. The van der Waals surface area contributed by atoms with Crippen LogP contribution in [0.15, 0.2) is 33.9 Å². The van der Waals surface area contributed by atoms with Crippen LogP contribution in [0, 0.1) is 6.92 Å². The quantitative estimate of drug-likeness (QED) is 0.590. The number of hydrogen-bond acceptors (Lipinski definition) is 5. The number of aryl methyl sites for hydroxylation is 2. The lowest BCUT2D eigenvalue weighted by Crippen LogP contribution is -2.37. The molecule has 0 saturated heterocycles. The van der Waals surface area contributed by atoms with Crippen LogP contribution in [-0.4, -0.2) is 37.0 Å². The third-order valence-corrected chi connectivity index (χ3v) is 4.81. The van der Waals surface area contributed by atoms with Crippen LogP contribution in [0.3, 0.4) is 0 Å². The average Bonchev–Trinajstić information content (AvgIpc) is 3.04. The first-order valence-electron chi connectivity index (χ1n) is 9.39. The maximum atomic E-state index is 12.8. The van der Waals surface area contributed by atoms with Gasteiger partial charge in [0.15, 0.2) is 11.2 Å². The molecule has 3 rings (SSSR count). The Morgan fingerprint density at radius 1 is 1.04 bits per heavy atom. The van der Waals surface area contributed by atoms with Crippen LogP contribution in [0.2, 0.25) is 0 Å². The summed E-state index contributed by atoms with van der Waals surface area (Å²) in [5.74, 6) is 0. The van der Waals surface area contributed by atoms with E-state index in [-0.39, 0.29) is 6.61 Å². The number of ether oxygens (including phenoxy) is 1. The molecule has 28 heavy (non-hydrogen) atoms. The van der Waals surface area contributed by atoms with Gasteiger partial charge in [0.1, 0.15) is 0 Å². The molecule has 3 aromatic rings. The van der Waals surface area contributed by atoms with Crippen LogP contribution in [-0.2, 0) is 20.6 Å². The standard InChI is InChI=1S/C20H26N4O4/c1-14-7-9-15(10-8-14)13-24-16-17(22(2)20(27)23(3)18(16)26)21-19(24)28-12-6-4-5-11-25/h7-10,25H,4-6,11-13H2,1-3H3. The summed E-state index contributed by atoms with van der Waals surface area (Å²) in [5, 5.41) is 8.89. The van der Waals surface area contributed by atoms with Crippen molar-refractivity contribution in [2.45, 2.75) is 32.7 Å². The molecule has 2 heterocycles. The van der Waals surface area contributed by atoms with Gasteiger partial charge in [-0.25, -0.2) is 4.79 Å². The number of aromatic nitrogens is 4. The summed E-state index contributed by atoms with van der Waals surface area (Å²) >= 11 is 0. The van der Waals surface area contributed by atoms with Crippen LogP contribution >= 0.6 is 0 Å². The highest BCUT2D eigenvalue weighted by atomic mass is 16.5. The zero-order valence-corrected chi connectivity index (χ0v) is 16.5.